The van der Waals surface area contributed by atoms with Crippen molar-refractivity contribution in [1.29, 1.82) is 5.26 Å². The topological polar surface area (TPSA) is 76.9 Å². The molecule has 2 fully saturated rings. The number of benzene rings is 2. The van der Waals surface area contributed by atoms with Crippen LogP contribution in [-0.2, 0) is 9.59 Å². The van der Waals surface area contributed by atoms with Gasteiger partial charge in [0.1, 0.15) is 5.75 Å². The van der Waals surface area contributed by atoms with E-state index in [1.54, 1.807) is 4.90 Å². The number of amides is 2. The minimum Gasteiger partial charge on any atom is -0.492 e. The van der Waals surface area contributed by atoms with E-state index in [0.717, 1.165) is 30.9 Å². The molecule has 0 radical (unpaired) electrons. The van der Waals surface area contributed by atoms with Crippen LogP contribution in [0, 0.1) is 17.2 Å². The van der Waals surface area contributed by atoms with Gasteiger partial charge in [-0.15, -0.1) is 0 Å². The van der Waals surface area contributed by atoms with Crippen molar-refractivity contribution in [2.45, 2.75) is 19.8 Å². The van der Waals surface area contributed by atoms with Crippen molar-refractivity contribution in [3.8, 4) is 11.8 Å². The number of anilines is 2. The number of nitriles is 1. The SMILES string of the molecule is CCOc1ccccc1N1CC(C(=O)N2CCCN(c3ccc(C#N)cc3)CC2)CC1=O. The first-order valence-corrected chi connectivity index (χ1v) is 11.2. The summed E-state index contributed by atoms with van der Waals surface area (Å²) in [6.07, 6.45) is 1.10. The Morgan fingerprint density at radius 3 is 2.62 bits per heavy atom. The summed E-state index contributed by atoms with van der Waals surface area (Å²) in [5.41, 5.74) is 2.44. The summed E-state index contributed by atoms with van der Waals surface area (Å²) in [5.74, 6) is 0.351. The van der Waals surface area contributed by atoms with E-state index in [1.165, 1.54) is 0 Å². The van der Waals surface area contributed by atoms with Crippen LogP contribution in [0.2, 0.25) is 0 Å². The molecule has 4 rings (SSSR count). The molecule has 0 saturated carbocycles. The zero-order valence-corrected chi connectivity index (χ0v) is 18.4. The summed E-state index contributed by atoms with van der Waals surface area (Å²) in [6.45, 7) is 5.71. The lowest BCUT2D eigenvalue weighted by atomic mass is 10.1. The van der Waals surface area contributed by atoms with Gasteiger partial charge in [-0.25, -0.2) is 0 Å². The van der Waals surface area contributed by atoms with Crippen molar-refractivity contribution in [3.05, 3.63) is 54.1 Å². The van der Waals surface area contributed by atoms with Gasteiger partial charge >= 0.3 is 0 Å². The Morgan fingerprint density at radius 1 is 1.09 bits per heavy atom. The summed E-state index contributed by atoms with van der Waals surface area (Å²) < 4.78 is 5.68. The van der Waals surface area contributed by atoms with Crippen LogP contribution in [0.4, 0.5) is 11.4 Å². The summed E-state index contributed by atoms with van der Waals surface area (Å²) >= 11 is 0. The molecule has 2 heterocycles. The van der Waals surface area contributed by atoms with Gasteiger partial charge in [0.15, 0.2) is 0 Å². The minimum absolute atomic E-state index is 0.0375. The van der Waals surface area contributed by atoms with Crippen molar-refractivity contribution in [3.63, 3.8) is 0 Å². The first-order valence-electron chi connectivity index (χ1n) is 11.2. The molecule has 2 aromatic rings. The van der Waals surface area contributed by atoms with E-state index < -0.39 is 0 Å². The van der Waals surface area contributed by atoms with Gasteiger partial charge in [0.25, 0.3) is 0 Å². The number of carbonyl (C=O) groups excluding carboxylic acids is 2. The fraction of sp³-hybridized carbons (Fsp3) is 0.400. The molecule has 2 aliphatic heterocycles. The van der Waals surface area contributed by atoms with Crippen LogP contribution in [0.5, 0.6) is 5.75 Å². The Hall–Kier alpha value is -3.53. The Labute approximate surface area is 188 Å². The highest BCUT2D eigenvalue weighted by Gasteiger charge is 2.38. The first kappa shape index (κ1) is 21.7. The maximum Gasteiger partial charge on any atom is 0.228 e. The molecule has 0 spiro atoms. The molecular formula is C25H28N4O3. The molecule has 0 N–H and O–H groups in total. The van der Waals surface area contributed by atoms with Crippen molar-refractivity contribution in [2.75, 3.05) is 49.1 Å². The summed E-state index contributed by atoms with van der Waals surface area (Å²) in [5, 5.41) is 8.99. The molecule has 32 heavy (non-hydrogen) atoms. The summed E-state index contributed by atoms with van der Waals surface area (Å²) in [6, 6.07) is 17.2. The predicted octanol–water partition coefficient (Wildman–Crippen LogP) is 3.05. The molecule has 7 nitrogen and oxygen atoms in total. The standard InChI is InChI=1S/C25H28N4O3/c1-2-32-23-7-4-3-6-22(23)29-18-20(16-24(29)30)25(31)28-13-5-12-27(14-15-28)21-10-8-19(17-26)9-11-21/h3-4,6-11,20H,2,5,12-16,18H2,1H3. The minimum atomic E-state index is -0.335. The van der Waals surface area contributed by atoms with Crippen LogP contribution >= 0.6 is 0 Å². The lowest BCUT2D eigenvalue weighted by Crippen LogP contribution is -2.40. The number of para-hydroxylation sites is 2. The van der Waals surface area contributed by atoms with Gasteiger partial charge in [-0.2, -0.15) is 5.26 Å². The molecule has 2 aromatic carbocycles. The summed E-state index contributed by atoms with van der Waals surface area (Å²) in [4.78, 5) is 31.9. The Bertz CT molecular complexity index is 1010. The van der Waals surface area contributed by atoms with Crippen LogP contribution < -0.4 is 14.5 Å². The number of ether oxygens (including phenoxy) is 1. The average Bonchev–Trinajstić information content (AvgIpc) is 3.04. The maximum absolute atomic E-state index is 13.3. The Balaban J connectivity index is 1.40. The molecule has 166 valence electrons. The molecule has 0 aromatic heterocycles. The number of nitrogens with zero attached hydrogens (tertiary/aromatic N) is 4. The van der Waals surface area contributed by atoms with E-state index in [4.69, 9.17) is 10.00 Å². The lowest BCUT2D eigenvalue weighted by molar-refractivity contribution is -0.135. The average molecular weight is 433 g/mol. The third kappa shape index (κ3) is 4.54. The molecule has 2 aliphatic rings. The van der Waals surface area contributed by atoms with E-state index >= 15 is 0 Å². The Morgan fingerprint density at radius 2 is 1.88 bits per heavy atom. The second-order valence-corrected chi connectivity index (χ2v) is 8.13. The zero-order chi connectivity index (χ0) is 22.5. The smallest absolute Gasteiger partial charge is 0.228 e. The monoisotopic (exact) mass is 432 g/mol. The van der Waals surface area contributed by atoms with E-state index in [1.807, 2.05) is 60.4 Å². The molecule has 1 unspecified atom stereocenters. The van der Waals surface area contributed by atoms with Crippen molar-refractivity contribution < 1.29 is 14.3 Å². The highest BCUT2D eigenvalue weighted by atomic mass is 16.5. The van der Waals surface area contributed by atoms with Crippen LogP contribution in [0.1, 0.15) is 25.3 Å². The molecule has 7 heteroatoms. The van der Waals surface area contributed by atoms with Crippen molar-refractivity contribution in [2.24, 2.45) is 5.92 Å². The highest BCUT2D eigenvalue weighted by Crippen LogP contribution is 2.33. The molecule has 1 atom stereocenters. The number of hydrogen-bond acceptors (Lipinski definition) is 5. The predicted molar refractivity (Wildman–Crippen MR) is 123 cm³/mol. The van der Waals surface area contributed by atoms with Crippen molar-refractivity contribution in [1.82, 2.24) is 4.90 Å². The molecule has 0 aliphatic carbocycles. The van der Waals surface area contributed by atoms with Gasteiger partial charge < -0.3 is 19.4 Å². The van der Waals surface area contributed by atoms with E-state index in [9.17, 15) is 9.59 Å². The van der Waals surface area contributed by atoms with E-state index in [2.05, 4.69) is 11.0 Å². The molecule has 0 bridgehead atoms. The van der Waals surface area contributed by atoms with Gasteiger partial charge in [-0.3, -0.25) is 9.59 Å². The number of carbonyl (C=O) groups is 2. The van der Waals surface area contributed by atoms with Crippen LogP contribution in [0.15, 0.2) is 48.5 Å². The largest absolute Gasteiger partial charge is 0.492 e. The van der Waals surface area contributed by atoms with Crippen molar-refractivity contribution >= 4 is 23.2 Å². The first-order chi connectivity index (χ1) is 15.6. The normalized spacial score (nSPS) is 18.9. The van der Waals surface area contributed by atoms with Crippen LogP contribution in [0.3, 0.4) is 0 Å². The fourth-order valence-corrected chi connectivity index (χ4v) is 4.46. The second-order valence-electron chi connectivity index (χ2n) is 8.13. The maximum atomic E-state index is 13.3. The number of rotatable bonds is 5. The Kier molecular flexibility index (Phi) is 6.60. The van der Waals surface area contributed by atoms with Crippen LogP contribution in [-0.4, -0.2) is 56.0 Å². The third-order valence-corrected chi connectivity index (χ3v) is 6.10. The molecular weight excluding hydrogens is 404 g/mol. The van der Waals surface area contributed by atoms with Gasteiger partial charge in [0, 0.05) is 44.8 Å². The van der Waals surface area contributed by atoms with Gasteiger partial charge in [-0.1, -0.05) is 12.1 Å². The molecule has 2 saturated heterocycles. The second kappa shape index (κ2) is 9.73. The lowest BCUT2D eigenvalue weighted by Gasteiger charge is -2.25. The van der Waals surface area contributed by atoms with Gasteiger partial charge in [0.05, 0.1) is 29.8 Å². The van der Waals surface area contributed by atoms with E-state index in [0.29, 0.717) is 37.6 Å². The fourth-order valence-electron chi connectivity index (χ4n) is 4.46. The quantitative estimate of drug-likeness (QED) is 0.726. The third-order valence-electron chi connectivity index (χ3n) is 6.10. The number of hydrogen-bond donors (Lipinski definition) is 0. The van der Waals surface area contributed by atoms with Gasteiger partial charge in [-0.05, 0) is 49.7 Å². The summed E-state index contributed by atoms with van der Waals surface area (Å²) in [7, 11) is 0. The van der Waals surface area contributed by atoms with E-state index in [-0.39, 0.29) is 24.2 Å². The zero-order valence-electron chi connectivity index (χ0n) is 18.4. The van der Waals surface area contributed by atoms with Crippen LogP contribution in [0.25, 0.3) is 0 Å². The molecule has 2 amide bonds. The highest BCUT2D eigenvalue weighted by molar-refractivity contribution is 6.01. The van der Waals surface area contributed by atoms with Gasteiger partial charge in [0.2, 0.25) is 11.8 Å².